The minimum absolute atomic E-state index is 0.575. The highest BCUT2D eigenvalue weighted by Crippen LogP contribution is 2.31. The summed E-state index contributed by atoms with van der Waals surface area (Å²) in [5.74, 6) is 0. The van der Waals surface area contributed by atoms with Gasteiger partial charge >= 0.3 is 0 Å². The lowest BCUT2D eigenvalue weighted by Gasteiger charge is -2.15. The van der Waals surface area contributed by atoms with Gasteiger partial charge in [0.05, 0.1) is 0 Å². The summed E-state index contributed by atoms with van der Waals surface area (Å²) < 4.78 is 0. The third kappa shape index (κ3) is 2.69. The van der Waals surface area contributed by atoms with Crippen LogP contribution in [0.3, 0.4) is 0 Å². The quantitative estimate of drug-likeness (QED) is 0.846. The molecule has 0 aliphatic rings. The first-order valence-corrected chi connectivity index (χ1v) is 6.45. The standard InChI is InChI=1S/C15H14Cl2O/c1-9-6-13(14(17)7-10(9)2)15(18)11-4-3-5-12(16)8-11/h3-8,15,18H,1-2H3. The van der Waals surface area contributed by atoms with Gasteiger partial charge in [0.2, 0.25) is 0 Å². The molecule has 0 spiro atoms. The molecule has 1 unspecified atom stereocenters. The minimum Gasteiger partial charge on any atom is -0.384 e. The van der Waals surface area contributed by atoms with E-state index in [9.17, 15) is 5.11 Å². The van der Waals surface area contributed by atoms with Gasteiger partial charge in [0, 0.05) is 15.6 Å². The van der Waals surface area contributed by atoms with Crippen molar-refractivity contribution in [3.8, 4) is 0 Å². The van der Waals surface area contributed by atoms with Crippen LogP contribution in [0.4, 0.5) is 0 Å². The molecule has 2 aromatic rings. The summed E-state index contributed by atoms with van der Waals surface area (Å²) >= 11 is 12.1. The lowest BCUT2D eigenvalue weighted by molar-refractivity contribution is 0.220. The Bertz CT molecular complexity index is 579. The summed E-state index contributed by atoms with van der Waals surface area (Å²) in [6.45, 7) is 4.00. The number of rotatable bonds is 2. The van der Waals surface area contributed by atoms with Crippen LogP contribution in [-0.2, 0) is 0 Å². The van der Waals surface area contributed by atoms with E-state index in [1.807, 2.05) is 38.1 Å². The minimum atomic E-state index is -0.754. The Kier molecular flexibility index (Phi) is 3.96. The van der Waals surface area contributed by atoms with Crippen LogP contribution in [0.2, 0.25) is 10.0 Å². The van der Waals surface area contributed by atoms with Crippen LogP contribution in [0, 0.1) is 13.8 Å². The first kappa shape index (κ1) is 13.4. The average molecular weight is 281 g/mol. The highest BCUT2D eigenvalue weighted by Gasteiger charge is 2.15. The number of hydrogen-bond acceptors (Lipinski definition) is 1. The largest absolute Gasteiger partial charge is 0.384 e. The Labute approximate surface area is 117 Å². The fourth-order valence-electron chi connectivity index (χ4n) is 1.87. The van der Waals surface area contributed by atoms with Crippen LogP contribution < -0.4 is 0 Å². The molecule has 0 saturated carbocycles. The summed E-state index contributed by atoms with van der Waals surface area (Å²) in [5.41, 5.74) is 3.67. The second kappa shape index (κ2) is 5.31. The van der Waals surface area contributed by atoms with Gasteiger partial charge in [0.15, 0.2) is 0 Å². The van der Waals surface area contributed by atoms with E-state index in [4.69, 9.17) is 23.2 Å². The summed E-state index contributed by atoms with van der Waals surface area (Å²) in [6, 6.07) is 11.0. The van der Waals surface area contributed by atoms with Crippen LogP contribution in [-0.4, -0.2) is 5.11 Å². The molecule has 0 heterocycles. The number of aliphatic hydroxyl groups excluding tert-OH is 1. The van der Waals surface area contributed by atoms with Gasteiger partial charge in [-0.1, -0.05) is 41.4 Å². The van der Waals surface area contributed by atoms with E-state index in [0.717, 1.165) is 16.7 Å². The van der Waals surface area contributed by atoms with Gasteiger partial charge in [-0.15, -0.1) is 0 Å². The van der Waals surface area contributed by atoms with Crippen molar-refractivity contribution in [1.29, 1.82) is 0 Å². The monoisotopic (exact) mass is 280 g/mol. The molecule has 3 heteroatoms. The van der Waals surface area contributed by atoms with Crippen molar-refractivity contribution in [2.75, 3.05) is 0 Å². The molecule has 1 atom stereocenters. The molecule has 1 N–H and O–H groups in total. The number of aryl methyl sites for hydroxylation is 2. The van der Waals surface area contributed by atoms with Crippen molar-refractivity contribution >= 4 is 23.2 Å². The predicted octanol–water partition coefficient (Wildman–Crippen LogP) is 4.69. The number of aliphatic hydroxyl groups is 1. The lowest BCUT2D eigenvalue weighted by atomic mass is 9.98. The van der Waals surface area contributed by atoms with E-state index in [1.165, 1.54) is 0 Å². The van der Waals surface area contributed by atoms with Crippen molar-refractivity contribution in [1.82, 2.24) is 0 Å². The average Bonchev–Trinajstić information content (AvgIpc) is 2.33. The SMILES string of the molecule is Cc1cc(Cl)c(C(O)c2cccc(Cl)c2)cc1C. The van der Waals surface area contributed by atoms with Gasteiger partial charge in [0.25, 0.3) is 0 Å². The number of halogens is 2. The zero-order chi connectivity index (χ0) is 13.3. The van der Waals surface area contributed by atoms with Gasteiger partial charge in [-0.25, -0.2) is 0 Å². The van der Waals surface area contributed by atoms with E-state index in [1.54, 1.807) is 12.1 Å². The smallest absolute Gasteiger partial charge is 0.106 e. The van der Waals surface area contributed by atoms with Crippen molar-refractivity contribution in [3.63, 3.8) is 0 Å². The van der Waals surface area contributed by atoms with Gasteiger partial charge in [0.1, 0.15) is 6.10 Å². The molecule has 0 bridgehead atoms. The second-order valence-corrected chi connectivity index (χ2v) is 5.26. The molecule has 94 valence electrons. The van der Waals surface area contributed by atoms with Gasteiger partial charge in [-0.05, 0) is 48.7 Å². The summed E-state index contributed by atoms with van der Waals surface area (Å²) in [7, 11) is 0. The van der Waals surface area contributed by atoms with Crippen molar-refractivity contribution in [2.45, 2.75) is 20.0 Å². The first-order valence-electron chi connectivity index (χ1n) is 5.69. The van der Waals surface area contributed by atoms with Gasteiger partial charge in [-0.2, -0.15) is 0 Å². The molecule has 0 aliphatic carbocycles. The first-order chi connectivity index (χ1) is 8.49. The number of hydrogen-bond donors (Lipinski definition) is 1. The summed E-state index contributed by atoms with van der Waals surface area (Å²) in [4.78, 5) is 0. The second-order valence-electron chi connectivity index (χ2n) is 4.42. The van der Waals surface area contributed by atoms with Crippen LogP contribution in [0.1, 0.15) is 28.4 Å². The molecule has 0 amide bonds. The summed E-state index contributed by atoms with van der Waals surface area (Å²) in [6.07, 6.45) is -0.754. The normalized spacial score (nSPS) is 12.5. The molecule has 1 nitrogen and oxygen atoms in total. The Hall–Kier alpha value is -1.02. The number of benzene rings is 2. The Morgan fingerprint density at radius 2 is 1.67 bits per heavy atom. The molecule has 0 radical (unpaired) electrons. The molecule has 0 aliphatic heterocycles. The van der Waals surface area contributed by atoms with Crippen LogP contribution in [0.5, 0.6) is 0 Å². The van der Waals surface area contributed by atoms with Gasteiger partial charge in [-0.3, -0.25) is 0 Å². The highest BCUT2D eigenvalue weighted by atomic mass is 35.5. The van der Waals surface area contributed by atoms with Crippen molar-refractivity contribution < 1.29 is 5.11 Å². The zero-order valence-electron chi connectivity index (χ0n) is 10.2. The third-order valence-corrected chi connectivity index (χ3v) is 3.63. The Morgan fingerprint density at radius 3 is 2.33 bits per heavy atom. The molecule has 18 heavy (non-hydrogen) atoms. The molecule has 0 fully saturated rings. The van der Waals surface area contributed by atoms with Crippen LogP contribution in [0.25, 0.3) is 0 Å². The maximum absolute atomic E-state index is 10.4. The molecule has 2 rings (SSSR count). The molecular formula is C15H14Cl2O. The predicted molar refractivity (Wildman–Crippen MR) is 76.4 cm³/mol. The van der Waals surface area contributed by atoms with Gasteiger partial charge < -0.3 is 5.11 Å². The Morgan fingerprint density at radius 1 is 1.00 bits per heavy atom. The van der Waals surface area contributed by atoms with E-state index < -0.39 is 6.10 Å². The zero-order valence-corrected chi connectivity index (χ0v) is 11.8. The topological polar surface area (TPSA) is 20.2 Å². The fourth-order valence-corrected chi connectivity index (χ4v) is 2.39. The maximum Gasteiger partial charge on any atom is 0.106 e. The molecule has 0 aromatic heterocycles. The molecule has 0 saturated heterocycles. The highest BCUT2D eigenvalue weighted by molar-refractivity contribution is 6.31. The van der Waals surface area contributed by atoms with E-state index in [2.05, 4.69) is 0 Å². The Balaban J connectivity index is 2.46. The van der Waals surface area contributed by atoms with Crippen molar-refractivity contribution in [3.05, 3.63) is 68.7 Å². The van der Waals surface area contributed by atoms with E-state index in [-0.39, 0.29) is 0 Å². The fraction of sp³-hybridized carbons (Fsp3) is 0.200. The molecule has 2 aromatic carbocycles. The maximum atomic E-state index is 10.4. The van der Waals surface area contributed by atoms with Crippen LogP contribution >= 0.6 is 23.2 Å². The van der Waals surface area contributed by atoms with Crippen molar-refractivity contribution in [2.24, 2.45) is 0 Å². The van der Waals surface area contributed by atoms with E-state index in [0.29, 0.717) is 15.6 Å². The van der Waals surface area contributed by atoms with Crippen LogP contribution in [0.15, 0.2) is 36.4 Å². The van der Waals surface area contributed by atoms with E-state index >= 15 is 0 Å². The lowest BCUT2D eigenvalue weighted by Crippen LogP contribution is -2.01. The molecular weight excluding hydrogens is 267 g/mol. The third-order valence-electron chi connectivity index (χ3n) is 3.07. The summed E-state index contributed by atoms with van der Waals surface area (Å²) in [5, 5.41) is 11.5.